The van der Waals surface area contributed by atoms with Crippen molar-refractivity contribution in [2.75, 3.05) is 24.5 Å². The molecule has 2 aromatic carbocycles. The Morgan fingerprint density at radius 3 is 2.00 bits per heavy atom. The molecule has 0 N–H and O–H groups in total. The lowest BCUT2D eigenvalue weighted by molar-refractivity contribution is -0.119. The van der Waals surface area contributed by atoms with Crippen LogP contribution in [0, 0.1) is 0 Å². The lowest BCUT2D eigenvalue weighted by atomic mass is 10.1. The fourth-order valence-electron chi connectivity index (χ4n) is 3.49. The molecular weight excluding hydrogens is 320 g/mol. The van der Waals surface area contributed by atoms with Gasteiger partial charge in [0.25, 0.3) is 0 Å². The molecule has 1 amide bonds. The van der Waals surface area contributed by atoms with Gasteiger partial charge in [-0.05, 0) is 50.2 Å². The van der Waals surface area contributed by atoms with Crippen molar-refractivity contribution >= 4 is 28.1 Å². The number of amides is 1. The van der Waals surface area contributed by atoms with Crippen molar-refractivity contribution in [1.82, 2.24) is 4.90 Å². The van der Waals surface area contributed by atoms with Crippen molar-refractivity contribution in [3.63, 3.8) is 0 Å². The Kier molecular flexibility index (Phi) is 4.21. The number of piperidine rings is 1. The molecule has 1 fully saturated rings. The first-order valence-electron chi connectivity index (χ1n) is 8.41. The predicted octanol–water partition coefficient (Wildman–Crippen LogP) is 3.32. The molecule has 4 nitrogen and oxygen atoms in total. The lowest BCUT2D eigenvalue weighted by Crippen LogP contribution is -2.41. The van der Waals surface area contributed by atoms with Crippen LogP contribution in [0.15, 0.2) is 58.3 Å². The van der Waals surface area contributed by atoms with Crippen molar-refractivity contribution in [2.45, 2.75) is 29.1 Å². The van der Waals surface area contributed by atoms with Gasteiger partial charge >= 0.3 is 0 Å². The van der Waals surface area contributed by atoms with E-state index in [0.717, 1.165) is 37.3 Å². The highest BCUT2D eigenvalue weighted by molar-refractivity contribution is 7.85. The van der Waals surface area contributed by atoms with E-state index in [1.807, 2.05) is 48.5 Å². The van der Waals surface area contributed by atoms with E-state index < -0.39 is 10.8 Å². The molecule has 2 aliphatic rings. The fourth-order valence-corrected chi connectivity index (χ4v) is 4.83. The van der Waals surface area contributed by atoms with Crippen LogP contribution in [0.4, 0.5) is 11.4 Å². The highest BCUT2D eigenvalue weighted by atomic mass is 32.2. The van der Waals surface area contributed by atoms with E-state index in [-0.39, 0.29) is 5.91 Å². The summed E-state index contributed by atoms with van der Waals surface area (Å²) in [4.78, 5) is 18.5. The molecule has 2 heterocycles. The number of carbonyl (C=O) groups is 1. The number of rotatable bonds is 2. The summed E-state index contributed by atoms with van der Waals surface area (Å²) in [7, 11) is -1.24. The van der Waals surface area contributed by atoms with E-state index in [9.17, 15) is 9.00 Å². The molecule has 4 rings (SSSR count). The summed E-state index contributed by atoms with van der Waals surface area (Å²) in [6.07, 6.45) is 3.56. The Morgan fingerprint density at radius 1 is 0.875 bits per heavy atom. The topological polar surface area (TPSA) is 40.6 Å². The minimum atomic E-state index is -1.24. The van der Waals surface area contributed by atoms with Crippen LogP contribution in [0.25, 0.3) is 0 Å². The van der Waals surface area contributed by atoms with Crippen molar-refractivity contribution in [3.8, 4) is 0 Å². The monoisotopic (exact) mass is 340 g/mol. The van der Waals surface area contributed by atoms with Gasteiger partial charge in [-0.2, -0.15) is 0 Å². The van der Waals surface area contributed by atoms with Crippen LogP contribution in [0.3, 0.4) is 0 Å². The maximum absolute atomic E-state index is 13.1. The van der Waals surface area contributed by atoms with E-state index in [0.29, 0.717) is 16.3 Å². The average molecular weight is 340 g/mol. The third-order valence-electron chi connectivity index (χ3n) is 4.67. The number of carbonyl (C=O) groups excluding carboxylic acids is 1. The number of benzene rings is 2. The van der Waals surface area contributed by atoms with Crippen LogP contribution in [0.2, 0.25) is 0 Å². The Hall–Kier alpha value is -1.98. The van der Waals surface area contributed by atoms with Crippen molar-refractivity contribution < 1.29 is 9.00 Å². The zero-order chi connectivity index (χ0) is 16.5. The Morgan fingerprint density at radius 2 is 1.42 bits per heavy atom. The number of nitrogens with zero attached hydrogens (tertiary/aromatic N) is 2. The molecule has 0 aromatic heterocycles. The SMILES string of the molecule is O=C(CN1CCCCC1)N1c2ccccc2S(=O)c2ccccc21. The van der Waals surface area contributed by atoms with Gasteiger partial charge in [0.15, 0.2) is 0 Å². The second kappa shape index (κ2) is 6.49. The number of fused-ring (bicyclic) bond motifs is 2. The van der Waals surface area contributed by atoms with Gasteiger partial charge in [0.05, 0.1) is 38.5 Å². The third-order valence-corrected chi connectivity index (χ3v) is 6.16. The molecule has 124 valence electrons. The Labute approximate surface area is 144 Å². The van der Waals surface area contributed by atoms with Crippen molar-refractivity contribution in [3.05, 3.63) is 48.5 Å². The number of hydrogen-bond acceptors (Lipinski definition) is 3. The zero-order valence-electron chi connectivity index (χ0n) is 13.5. The van der Waals surface area contributed by atoms with Gasteiger partial charge in [0.1, 0.15) is 0 Å². The van der Waals surface area contributed by atoms with E-state index >= 15 is 0 Å². The van der Waals surface area contributed by atoms with Gasteiger partial charge < -0.3 is 0 Å². The molecule has 0 unspecified atom stereocenters. The minimum Gasteiger partial charge on any atom is -0.294 e. The first-order valence-corrected chi connectivity index (χ1v) is 9.56. The van der Waals surface area contributed by atoms with E-state index in [1.165, 1.54) is 6.42 Å². The number of anilines is 2. The summed E-state index contributed by atoms with van der Waals surface area (Å²) in [5, 5.41) is 0. The number of likely N-dealkylation sites (tertiary alicyclic amines) is 1. The standard InChI is InChI=1S/C19H20N2O2S/c22-19(14-20-12-6-1-7-13-20)21-15-8-2-4-10-17(15)24(23)18-11-5-3-9-16(18)21/h2-5,8-11H,1,6-7,12-14H2. The quantitative estimate of drug-likeness (QED) is 0.842. The van der Waals surface area contributed by atoms with Crippen molar-refractivity contribution in [1.29, 1.82) is 0 Å². The second-order valence-corrected chi connectivity index (χ2v) is 7.69. The lowest BCUT2D eigenvalue weighted by Gasteiger charge is -2.33. The molecule has 0 aliphatic carbocycles. The maximum Gasteiger partial charge on any atom is 0.245 e. The van der Waals surface area contributed by atoms with Crippen LogP contribution in [-0.2, 0) is 15.6 Å². The van der Waals surface area contributed by atoms with Gasteiger partial charge in [-0.3, -0.25) is 14.6 Å². The summed E-state index contributed by atoms with van der Waals surface area (Å²) < 4.78 is 12.8. The molecule has 0 radical (unpaired) electrons. The normalized spacial score (nSPS) is 18.1. The molecule has 1 saturated heterocycles. The molecule has 0 spiro atoms. The first-order chi connectivity index (χ1) is 11.8. The molecule has 24 heavy (non-hydrogen) atoms. The maximum atomic E-state index is 13.1. The van der Waals surface area contributed by atoms with Gasteiger partial charge in [-0.15, -0.1) is 0 Å². The highest BCUT2D eigenvalue weighted by Gasteiger charge is 2.32. The number of hydrogen-bond donors (Lipinski definition) is 0. The molecule has 0 atom stereocenters. The Balaban J connectivity index is 1.73. The predicted molar refractivity (Wildman–Crippen MR) is 95.0 cm³/mol. The fraction of sp³-hybridized carbons (Fsp3) is 0.316. The van der Waals surface area contributed by atoms with Crippen LogP contribution < -0.4 is 4.90 Å². The first kappa shape index (κ1) is 15.5. The molecule has 5 heteroatoms. The van der Waals surface area contributed by atoms with E-state index in [2.05, 4.69) is 4.90 Å². The molecule has 0 saturated carbocycles. The summed E-state index contributed by atoms with van der Waals surface area (Å²) in [6.45, 7) is 2.37. The molecule has 2 aromatic rings. The van der Waals surface area contributed by atoms with Gasteiger partial charge in [0.2, 0.25) is 5.91 Å². The zero-order valence-corrected chi connectivity index (χ0v) is 14.3. The minimum absolute atomic E-state index is 0.0495. The molecule has 2 aliphatic heterocycles. The smallest absolute Gasteiger partial charge is 0.245 e. The number of para-hydroxylation sites is 2. The van der Waals surface area contributed by atoms with Gasteiger partial charge in [-0.25, -0.2) is 4.21 Å². The highest BCUT2D eigenvalue weighted by Crippen LogP contribution is 2.41. The van der Waals surface area contributed by atoms with Crippen LogP contribution in [0.5, 0.6) is 0 Å². The van der Waals surface area contributed by atoms with Crippen molar-refractivity contribution in [2.24, 2.45) is 0 Å². The average Bonchev–Trinajstić information content (AvgIpc) is 2.63. The van der Waals surface area contributed by atoms with E-state index in [4.69, 9.17) is 0 Å². The van der Waals surface area contributed by atoms with Crippen LogP contribution >= 0.6 is 0 Å². The van der Waals surface area contributed by atoms with Gasteiger partial charge in [-0.1, -0.05) is 30.7 Å². The summed E-state index contributed by atoms with van der Waals surface area (Å²) in [6, 6.07) is 15.0. The largest absolute Gasteiger partial charge is 0.294 e. The summed E-state index contributed by atoms with van der Waals surface area (Å²) >= 11 is 0. The van der Waals surface area contributed by atoms with Crippen LogP contribution in [-0.4, -0.2) is 34.7 Å². The third kappa shape index (κ3) is 2.68. The summed E-state index contributed by atoms with van der Waals surface area (Å²) in [5.74, 6) is 0.0495. The van der Waals surface area contributed by atoms with Crippen LogP contribution in [0.1, 0.15) is 19.3 Å². The second-order valence-electron chi connectivity index (χ2n) is 6.27. The molecular formula is C19H20N2O2S. The summed E-state index contributed by atoms with van der Waals surface area (Å²) in [5.41, 5.74) is 1.49. The van der Waals surface area contributed by atoms with Gasteiger partial charge in [0, 0.05) is 0 Å². The molecule has 0 bridgehead atoms. The van der Waals surface area contributed by atoms with E-state index in [1.54, 1.807) is 4.90 Å². The Bertz CT molecular complexity index is 750.